The number of hydrogen-bond donors (Lipinski definition) is 0. The molecule has 1 saturated heterocycles. The number of ether oxygens (including phenoxy) is 1. The number of Topliss-reactive ketones (excluding diaryl/α,β-unsaturated/α-hetero) is 1. The zero-order chi connectivity index (χ0) is 22.2. The minimum Gasteiger partial charge on any atom is -0.377 e. The van der Waals surface area contributed by atoms with Crippen LogP contribution < -0.4 is 0 Å². The van der Waals surface area contributed by atoms with Gasteiger partial charge in [-0.2, -0.15) is 0 Å². The van der Waals surface area contributed by atoms with Gasteiger partial charge in [0.25, 0.3) is 5.91 Å². The minimum atomic E-state index is -0.221. The van der Waals surface area contributed by atoms with Gasteiger partial charge in [0.15, 0.2) is 0 Å². The Morgan fingerprint density at radius 1 is 1.00 bits per heavy atom. The highest BCUT2D eigenvalue weighted by molar-refractivity contribution is 6.30. The predicted molar refractivity (Wildman–Crippen MR) is 125 cm³/mol. The Balaban J connectivity index is 1.85. The molecule has 5 heteroatoms. The first kappa shape index (κ1) is 23.5. The van der Waals surface area contributed by atoms with Gasteiger partial charge in [0.05, 0.1) is 6.10 Å². The van der Waals surface area contributed by atoms with Crippen molar-refractivity contribution in [1.29, 1.82) is 0 Å². The highest BCUT2D eigenvalue weighted by Gasteiger charge is 2.26. The molecule has 0 radical (unpaired) electrons. The van der Waals surface area contributed by atoms with E-state index in [1.807, 2.05) is 60.4 Å². The molecule has 2 aromatic rings. The van der Waals surface area contributed by atoms with Gasteiger partial charge >= 0.3 is 0 Å². The van der Waals surface area contributed by atoms with Gasteiger partial charge in [-0.1, -0.05) is 35.9 Å². The molecule has 0 spiro atoms. The van der Waals surface area contributed by atoms with Gasteiger partial charge in [0.1, 0.15) is 5.78 Å². The number of halogens is 1. The van der Waals surface area contributed by atoms with E-state index in [-0.39, 0.29) is 23.7 Å². The minimum absolute atomic E-state index is 0.00386. The third kappa shape index (κ3) is 6.65. The Labute approximate surface area is 190 Å². The summed E-state index contributed by atoms with van der Waals surface area (Å²) in [6.45, 7) is 5.77. The van der Waals surface area contributed by atoms with Gasteiger partial charge in [-0.05, 0) is 74.9 Å². The molecule has 0 aliphatic carbocycles. The largest absolute Gasteiger partial charge is 0.377 e. The summed E-state index contributed by atoms with van der Waals surface area (Å²) in [4.78, 5) is 26.7. The number of likely N-dealkylation sites (tertiary alicyclic amines) is 1. The van der Waals surface area contributed by atoms with Crippen molar-refractivity contribution in [3.05, 3.63) is 70.2 Å². The van der Waals surface area contributed by atoms with Crippen molar-refractivity contribution >= 4 is 23.3 Å². The van der Waals surface area contributed by atoms with Gasteiger partial charge in [0, 0.05) is 42.6 Å². The first-order valence-corrected chi connectivity index (χ1v) is 11.6. The Bertz CT molecular complexity index is 857. The maximum Gasteiger partial charge on any atom is 0.253 e. The van der Waals surface area contributed by atoms with Crippen LogP contribution >= 0.6 is 11.6 Å². The number of amides is 1. The summed E-state index contributed by atoms with van der Waals surface area (Å²) in [5, 5.41) is 0.700. The fraction of sp³-hybridized carbons (Fsp3) is 0.462. The highest BCUT2D eigenvalue weighted by Crippen LogP contribution is 2.30. The molecule has 4 nitrogen and oxygen atoms in total. The molecule has 3 rings (SSSR count). The smallest absolute Gasteiger partial charge is 0.253 e. The summed E-state index contributed by atoms with van der Waals surface area (Å²) >= 11 is 6.05. The number of rotatable bonds is 9. The molecule has 2 atom stereocenters. The zero-order valence-electron chi connectivity index (χ0n) is 18.5. The van der Waals surface area contributed by atoms with Crippen LogP contribution in [0.1, 0.15) is 66.9 Å². The predicted octanol–water partition coefficient (Wildman–Crippen LogP) is 5.68. The molecule has 0 aromatic heterocycles. The van der Waals surface area contributed by atoms with E-state index in [1.54, 1.807) is 6.92 Å². The van der Waals surface area contributed by atoms with E-state index in [4.69, 9.17) is 16.3 Å². The Hall–Kier alpha value is -2.17. The Morgan fingerprint density at radius 2 is 1.65 bits per heavy atom. The lowest BCUT2D eigenvalue weighted by molar-refractivity contribution is -0.120. The van der Waals surface area contributed by atoms with Gasteiger partial charge in [-0.3, -0.25) is 9.59 Å². The summed E-state index contributed by atoms with van der Waals surface area (Å²) in [5.41, 5.74) is 2.93. The second-order valence-corrected chi connectivity index (χ2v) is 8.75. The first-order chi connectivity index (χ1) is 15.0. The van der Waals surface area contributed by atoms with Crippen molar-refractivity contribution in [2.75, 3.05) is 19.7 Å². The molecule has 2 aromatic carbocycles. The zero-order valence-corrected chi connectivity index (χ0v) is 19.2. The van der Waals surface area contributed by atoms with E-state index in [9.17, 15) is 9.59 Å². The van der Waals surface area contributed by atoms with Crippen LogP contribution in [0.25, 0.3) is 0 Å². The van der Waals surface area contributed by atoms with Gasteiger partial charge < -0.3 is 9.64 Å². The molecule has 1 heterocycles. The number of piperidine rings is 1. The number of ketones is 1. The topological polar surface area (TPSA) is 46.6 Å². The lowest BCUT2D eigenvalue weighted by atomic mass is 9.85. The molecule has 1 unspecified atom stereocenters. The third-order valence-electron chi connectivity index (χ3n) is 5.92. The van der Waals surface area contributed by atoms with Crippen LogP contribution in [0.4, 0.5) is 0 Å². The Morgan fingerprint density at radius 3 is 2.23 bits per heavy atom. The summed E-state index contributed by atoms with van der Waals surface area (Å²) in [6.07, 6.45) is 4.23. The van der Waals surface area contributed by atoms with Crippen molar-refractivity contribution < 1.29 is 14.3 Å². The SMILES string of the molecule is CCO[C@H](CC(C)=O)C(Cc1ccc(Cl)cc1)c1ccc(C(=O)N2CCCCC2)cc1. The van der Waals surface area contributed by atoms with Crippen molar-refractivity contribution in [2.24, 2.45) is 0 Å². The van der Waals surface area contributed by atoms with Crippen LogP contribution in [-0.4, -0.2) is 42.4 Å². The highest BCUT2D eigenvalue weighted by atomic mass is 35.5. The molecule has 166 valence electrons. The van der Waals surface area contributed by atoms with E-state index in [1.165, 1.54) is 6.42 Å². The molecule has 1 fully saturated rings. The van der Waals surface area contributed by atoms with Crippen LogP contribution in [0, 0.1) is 0 Å². The van der Waals surface area contributed by atoms with Crippen molar-refractivity contribution in [2.45, 2.75) is 58.0 Å². The van der Waals surface area contributed by atoms with Gasteiger partial charge in [-0.25, -0.2) is 0 Å². The fourth-order valence-corrected chi connectivity index (χ4v) is 4.43. The second kappa shape index (κ2) is 11.4. The number of benzene rings is 2. The lowest BCUT2D eigenvalue weighted by Crippen LogP contribution is -2.35. The van der Waals surface area contributed by atoms with Crippen LogP contribution in [0.15, 0.2) is 48.5 Å². The van der Waals surface area contributed by atoms with Crippen molar-refractivity contribution in [3.63, 3.8) is 0 Å². The monoisotopic (exact) mass is 441 g/mol. The van der Waals surface area contributed by atoms with Crippen LogP contribution in [0.3, 0.4) is 0 Å². The van der Waals surface area contributed by atoms with Gasteiger partial charge in [-0.15, -0.1) is 0 Å². The number of carbonyl (C=O) groups is 2. The van der Waals surface area contributed by atoms with E-state index in [0.717, 1.165) is 49.0 Å². The van der Waals surface area contributed by atoms with Crippen molar-refractivity contribution in [1.82, 2.24) is 4.90 Å². The summed E-state index contributed by atoms with van der Waals surface area (Å²) in [6, 6.07) is 15.7. The standard InChI is InChI=1S/C26H32ClNO3/c1-3-31-25(17-19(2)29)24(18-20-7-13-23(27)14-8-20)21-9-11-22(12-10-21)26(30)28-15-5-4-6-16-28/h7-14,24-25H,3-6,15-18H2,1-2H3/t24?,25-/m1/s1. The maximum atomic E-state index is 12.8. The number of carbonyl (C=O) groups excluding carboxylic acids is 2. The number of hydrogen-bond acceptors (Lipinski definition) is 3. The average molecular weight is 442 g/mol. The molecule has 1 amide bonds. The van der Waals surface area contributed by atoms with Gasteiger partial charge in [0.2, 0.25) is 0 Å². The summed E-state index contributed by atoms with van der Waals surface area (Å²) in [5.74, 6) is 0.214. The van der Waals surface area contributed by atoms with E-state index in [2.05, 4.69) is 0 Å². The van der Waals surface area contributed by atoms with Crippen LogP contribution in [0.2, 0.25) is 5.02 Å². The quantitative estimate of drug-likeness (QED) is 0.503. The van der Waals surface area contributed by atoms with E-state index >= 15 is 0 Å². The molecule has 1 aliphatic rings. The first-order valence-electron chi connectivity index (χ1n) is 11.2. The molecular weight excluding hydrogens is 410 g/mol. The lowest BCUT2D eigenvalue weighted by Gasteiger charge is -2.28. The van der Waals surface area contributed by atoms with Crippen LogP contribution in [0.5, 0.6) is 0 Å². The molecular formula is C26H32ClNO3. The van der Waals surface area contributed by atoms with E-state index < -0.39 is 0 Å². The Kier molecular flexibility index (Phi) is 8.68. The third-order valence-corrected chi connectivity index (χ3v) is 6.17. The molecule has 31 heavy (non-hydrogen) atoms. The van der Waals surface area contributed by atoms with Crippen molar-refractivity contribution in [3.8, 4) is 0 Å². The number of nitrogens with zero attached hydrogens (tertiary/aromatic N) is 1. The second-order valence-electron chi connectivity index (χ2n) is 8.31. The fourth-order valence-electron chi connectivity index (χ4n) is 4.31. The molecule has 0 N–H and O–H groups in total. The van der Waals surface area contributed by atoms with Crippen LogP contribution in [-0.2, 0) is 16.0 Å². The molecule has 1 aliphatic heterocycles. The average Bonchev–Trinajstić information content (AvgIpc) is 2.78. The normalized spacial score (nSPS) is 16.0. The summed E-state index contributed by atoms with van der Waals surface area (Å²) < 4.78 is 6.02. The van der Waals surface area contributed by atoms with E-state index in [0.29, 0.717) is 18.1 Å². The molecule has 0 bridgehead atoms. The maximum absolute atomic E-state index is 12.8. The molecule has 0 saturated carbocycles. The summed E-state index contributed by atoms with van der Waals surface area (Å²) in [7, 11) is 0.